The van der Waals surface area contributed by atoms with Crippen LogP contribution in [-0.4, -0.2) is 107 Å². The minimum Gasteiger partial charge on any atom is -0.490 e. The summed E-state index contributed by atoms with van der Waals surface area (Å²) in [7, 11) is 0. The normalized spacial score (nSPS) is 23.4. The summed E-state index contributed by atoms with van der Waals surface area (Å²) < 4.78 is 6.08. The Bertz CT molecular complexity index is 2020. The zero-order valence-electron chi connectivity index (χ0n) is 31.3. The molecule has 4 aliphatic heterocycles. The van der Waals surface area contributed by atoms with E-state index in [4.69, 9.17) is 21.6 Å². The van der Waals surface area contributed by atoms with Crippen LogP contribution in [0.1, 0.15) is 83.2 Å². The van der Waals surface area contributed by atoms with Crippen molar-refractivity contribution in [1.29, 1.82) is 5.26 Å². The molecule has 1 atom stereocenters. The lowest BCUT2D eigenvalue weighted by Gasteiger charge is -2.39. The molecule has 3 aromatic rings. The van der Waals surface area contributed by atoms with Crippen molar-refractivity contribution in [2.45, 2.75) is 76.1 Å². The standard InChI is InChI=1S/C41H46ClN9O5/c42-35-20-33(6-2-27(35)21-43)56-32-7-3-30(4-8-32)46-38(53)29-22-44-41(45-23-29)50-13-11-26(12-14-50)24-48-15-17-49(18-16-48)31-5-1-28-25-51(40(55)34(28)19-31)36-9-10-37(52)47-39(36)54/h1-2,5-6,19-20,22-23,26,30,32,36H,3-4,7-18,24-25H2,(H,46,53)(H,47,52,54). The van der Waals surface area contributed by atoms with Crippen LogP contribution in [0.5, 0.6) is 5.75 Å². The highest BCUT2D eigenvalue weighted by Crippen LogP contribution is 2.32. The van der Waals surface area contributed by atoms with Crippen LogP contribution in [0.15, 0.2) is 48.8 Å². The van der Waals surface area contributed by atoms with E-state index >= 15 is 0 Å². The number of ether oxygens (including phenoxy) is 1. The molecule has 0 radical (unpaired) electrons. The number of carbonyl (C=O) groups is 4. The largest absolute Gasteiger partial charge is 0.490 e. The van der Waals surface area contributed by atoms with Gasteiger partial charge in [-0.3, -0.25) is 29.4 Å². The molecule has 56 heavy (non-hydrogen) atoms. The number of halogens is 1. The summed E-state index contributed by atoms with van der Waals surface area (Å²) in [6.45, 7) is 6.82. The number of nitriles is 1. The number of nitrogens with zero attached hydrogens (tertiary/aromatic N) is 7. The molecule has 3 saturated heterocycles. The van der Waals surface area contributed by atoms with Gasteiger partial charge in [0.2, 0.25) is 17.8 Å². The number of piperidine rings is 2. The first-order valence-electron chi connectivity index (χ1n) is 19.7. The van der Waals surface area contributed by atoms with Crippen molar-refractivity contribution in [3.05, 3.63) is 76.1 Å². The van der Waals surface area contributed by atoms with E-state index in [-0.39, 0.29) is 42.2 Å². The van der Waals surface area contributed by atoms with Crippen LogP contribution in [0.4, 0.5) is 11.6 Å². The molecule has 15 heteroatoms. The van der Waals surface area contributed by atoms with E-state index in [0.29, 0.717) is 52.3 Å². The lowest BCUT2D eigenvalue weighted by Crippen LogP contribution is -2.52. The molecule has 5 aliphatic rings. The van der Waals surface area contributed by atoms with E-state index in [0.717, 1.165) is 95.6 Å². The highest BCUT2D eigenvalue weighted by atomic mass is 35.5. The van der Waals surface area contributed by atoms with Crippen LogP contribution in [0.3, 0.4) is 0 Å². The maximum atomic E-state index is 13.3. The number of anilines is 2. The number of nitrogens with one attached hydrogen (secondary N) is 2. The number of hydrogen-bond acceptors (Lipinski definition) is 11. The number of imide groups is 1. The average Bonchev–Trinajstić information content (AvgIpc) is 3.54. The quantitative estimate of drug-likeness (QED) is 0.303. The summed E-state index contributed by atoms with van der Waals surface area (Å²) in [5, 5.41) is 15.0. The predicted octanol–water partition coefficient (Wildman–Crippen LogP) is 3.92. The second-order valence-electron chi connectivity index (χ2n) is 15.5. The van der Waals surface area contributed by atoms with Gasteiger partial charge >= 0.3 is 0 Å². The molecule has 4 fully saturated rings. The van der Waals surface area contributed by atoms with Crippen LogP contribution in [0, 0.1) is 17.2 Å². The lowest BCUT2D eigenvalue weighted by atomic mass is 9.92. The summed E-state index contributed by atoms with van der Waals surface area (Å²) in [5.41, 5.74) is 3.47. The second-order valence-corrected chi connectivity index (χ2v) is 16.0. The summed E-state index contributed by atoms with van der Waals surface area (Å²) in [6.07, 6.45) is 9.19. The molecule has 5 heterocycles. The summed E-state index contributed by atoms with van der Waals surface area (Å²) >= 11 is 6.15. The molecule has 14 nitrogen and oxygen atoms in total. The second kappa shape index (κ2) is 16.5. The molecule has 2 aromatic carbocycles. The molecule has 0 bridgehead atoms. The first-order valence-corrected chi connectivity index (χ1v) is 20.1. The highest BCUT2D eigenvalue weighted by Gasteiger charge is 2.39. The molecule has 8 rings (SSSR count). The Morgan fingerprint density at radius 3 is 2.36 bits per heavy atom. The van der Waals surface area contributed by atoms with Gasteiger partial charge in [-0.1, -0.05) is 17.7 Å². The number of hydrogen-bond donors (Lipinski definition) is 2. The van der Waals surface area contributed by atoms with Crippen LogP contribution in [0.2, 0.25) is 5.02 Å². The number of aromatic nitrogens is 2. The molecule has 1 aliphatic carbocycles. The predicted molar refractivity (Wildman–Crippen MR) is 208 cm³/mol. The third-order valence-electron chi connectivity index (χ3n) is 11.9. The molecule has 1 aromatic heterocycles. The van der Waals surface area contributed by atoms with E-state index < -0.39 is 6.04 Å². The third-order valence-corrected chi connectivity index (χ3v) is 12.2. The van der Waals surface area contributed by atoms with Crippen molar-refractivity contribution in [2.75, 3.05) is 55.6 Å². The van der Waals surface area contributed by atoms with Crippen molar-refractivity contribution < 1.29 is 23.9 Å². The van der Waals surface area contributed by atoms with Crippen molar-refractivity contribution in [1.82, 2.24) is 30.4 Å². The number of carbonyl (C=O) groups excluding carboxylic acids is 4. The van der Waals surface area contributed by atoms with Gasteiger partial charge in [0.15, 0.2) is 0 Å². The SMILES string of the molecule is N#Cc1ccc(OC2CCC(NC(=O)c3cnc(N4CCC(CN5CCN(c6ccc7c(c6)C(=O)N(C6CCC(=O)NC6=O)C7)CC5)CC4)nc3)CC2)cc1Cl. The van der Waals surface area contributed by atoms with Gasteiger partial charge in [-0.25, -0.2) is 9.97 Å². The molecule has 292 valence electrons. The molecule has 0 spiro atoms. The molecular formula is C41H46ClN9O5. The first-order chi connectivity index (χ1) is 27.2. The van der Waals surface area contributed by atoms with E-state index in [1.807, 2.05) is 12.1 Å². The fourth-order valence-electron chi connectivity index (χ4n) is 8.66. The first kappa shape index (κ1) is 37.7. The zero-order valence-corrected chi connectivity index (χ0v) is 32.0. The van der Waals surface area contributed by atoms with Crippen molar-refractivity contribution in [3.8, 4) is 11.8 Å². The molecule has 2 N–H and O–H groups in total. The molecule has 1 saturated carbocycles. The average molecular weight is 780 g/mol. The minimum absolute atomic E-state index is 0.0309. The Morgan fingerprint density at radius 2 is 1.66 bits per heavy atom. The van der Waals surface area contributed by atoms with E-state index in [2.05, 4.69) is 47.4 Å². The van der Waals surface area contributed by atoms with E-state index in [1.165, 1.54) is 0 Å². The number of benzene rings is 2. The lowest BCUT2D eigenvalue weighted by molar-refractivity contribution is -0.136. The fraction of sp³-hybridized carbons (Fsp3) is 0.488. The summed E-state index contributed by atoms with van der Waals surface area (Å²) in [5.74, 6) is 0.909. The van der Waals surface area contributed by atoms with Crippen LogP contribution >= 0.6 is 11.6 Å². The van der Waals surface area contributed by atoms with Crippen LogP contribution in [-0.2, 0) is 16.1 Å². The summed E-state index contributed by atoms with van der Waals surface area (Å²) in [6, 6.07) is 12.7. The Balaban J connectivity index is 0.744. The van der Waals surface area contributed by atoms with Gasteiger partial charge in [0.1, 0.15) is 17.9 Å². The van der Waals surface area contributed by atoms with Crippen molar-refractivity contribution in [3.63, 3.8) is 0 Å². The van der Waals surface area contributed by atoms with E-state index in [1.54, 1.807) is 35.5 Å². The number of rotatable bonds is 9. The van der Waals surface area contributed by atoms with Gasteiger partial charge in [-0.2, -0.15) is 5.26 Å². The Labute approximate surface area is 331 Å². The molecule has 1 unspecified atom stereocenters. The van der Waals surface area contributed by atoms with Crippen LogP contribution < -0.4 is 25.2 Å². The Morgan fingerprint density at radius 1 is 0.911 bits per heavy atom. The molecular weight excluding hydrogens is 734 g/mol. The number of piperazine rings is 1. The number of fused-ring (bicyclic) bond motifs is 1. The fourth-order valence-corrected chi connectivity index (χ4v) is 8.87. The maximum absolute atomic E-state index is 13.3. The third kappa shape index (κ3) is 8.29. The summed E-state index contributed by atoms with van der Waals surface area (Å²) in [4.78, 5) is 68.2. The van der Waals surface area contributed by atoms with Gasteiger partial charge in [0.25, 0.3) is 11.8 Å². The number of amides is 4. The highest BCUT2D eigenvalue weighted by molar-refractivity contribution is 6.31. The monoisotopic (exact) mass is 779 g/mol. The van der Waals surface area contributed by atoms with E-state index in [9.17, 15) is 19.2 Å². The van der Waals surface area contributed by atoms with Gasteiger partial charge in [-0.15, -0.1) is 0 Å². The van der Waals surface area contributed by atoms with Gasteiger partial charge in [0.05, 0.1) is 22.3 Å². The minimum atomic E-state index is -0.605. The zero-order chi connectivity index (χ0) is 38.8. The smallest absolute Gasteiger partial charge is 0.255 e. The van der Waals surface area contributed by atoms with Gasteiger partial charge in [-0.05, 0) is 80.7 Å². The van der Waals surface area contributed by atoms with Gasteiger partial charge < -0.3 is 24.8 Å². The molecule has 4 amide bonds. The maximum Gasteiger partial charge on any atom is 0.255 e. The Kier molecular flexibility index (Phi) is 11.1. The van der Waals surface area contributed by atoms with Gasteiger partial charge in [0, 0.05) is 94.5 Å². The van der Waals surface area contributed by atoms with Crippen molar-refractivity contribution >= 4 is 46.9 Å². The Hall–Kier alpha value is -5.26. The van der Waals surface area contributed by atoms with Crippen molar-refractivity contribution in [2.24, 2.45) is 5.92 Å². The topological polar surface area (TPSA) is 164 Å². The van der Waals surface area contributed by atoms with Crippen LogP contribution in [0.25, 0.3) is 0 Å².